The first-order chi connectivity index (χ1) is 8.60. The van der Waals surface area contributed by atoms with Gasteiger partial charge in [-0.05, 0) is 47.7 Å². The Morgan fingerprint density at radius 1 is 0.778 bits per heavy atom. The average Bonchev–Trinajstić information content (AvgIpc) is 2.36. The predicted molar refractivity (Wildman–Crippen MR) is 70.1 cm³/mol. The summed E-state index contributed by atoms with van der Waals surface area (Å²) in [6.45, 7) is 1.99. The summed E-state index contributed by atoms with van der Waals surface area (Å²) in [5, 5.41) is 28.3. The molecule has 0 spiro atoms. The number of phenols is 3. The van der Waals surface area contributed by atoms with E-state index in [0.717, 1.165) is 23.1 Å². The molecule has 3 heteroatoms. The molecule has 2 aromatic carbocycles. The Hall–Kier alpha value is -2.16. The standard InChI is InChI=1S/C15H16O3/c1-2-12-8-10(3-5-13(12)16)7-11-4-6-14(17)15(18)9-11/h3-6,8-9,16-18H,2,7H2,1H3. The second-order valence-electron chi connectivity index (χ2n) is 4.32. The van der Waals surface area contributed by atoms with Gasteiger partial charge in [-0.1, -0.05) is 25.1 Å². The van der Waals surface area contributed by atoms with Crippen LogP contribution >= 0.6 is 0 Å². The molecule has 3 N–H and O–H groups in total. The Morgan fingerprint density at radius 3 is 2.00 bits per heavy atom. The van der Waals surface area contributed by atoms with E-state index in [9.17, 15) is 15.3 Å². The molecule has 0 saturated carbocycles. The van der Waals surface area contributed by atoms with Crippen LogP contribution in [0.25, 0.3) is 0 Å². The van der Waals surface area contributed by atoms with Gasteiger partial charge in [0.05, 0.1) is 0 Å². The molecule has 0 aromatic heterocycles. The fourth-order valence-corrected chi connectivity index (χ4v) is 1.95. The summed E-state index contributed by atoms with van der Waals surface area (Å²) in [6.07, 6.45) is 1.43. The number of aromatic hydroxyl groups is 3. The number of aryl methyl sites for hydroxylation is 1. The molecule has 0 bridgehead atoms. The molecule has 0 aliphatic heterocycles. The Morgan fingerprint density at radius 2 is 1.39 bits per heavy atom. The minimum Gasteiger partial charge on any atom is -0.508 e. The molecule has 0 aliphatic rings. The van der Waals surface area contributed by atoms with E-state index in [1.807, 2.05) is 19.1 Å². The number of rotatable bonds is 3. The summed E-state index contributed by atoms with van der Waals surface area (Å²) >= 11 is 0. The lowest BCUT2D eigenvalue weighted by atomic mass is 10.0. The van der Waals surface area contributed by atoms with Crippen molar-refractivity contribution in [1.82, 2.24) is 0 Å². The number of phenolic OH excluding ortho intramolecular Hbond substituents is 3. The van der Waals surface area contributed by atoms with E-state index >= 15 is 0 Å². The van der Waals surface area contributed by atoms with Crippen molar-refractivity contribution in [3.8, 4) is 17.2 Å². The van der Waals surface area contributed by atoms with Crippen molar-refractivity contribution >= 4 is 0 Å². The Balaban J connectivity index is 2.25. The lowest BCUT2D eigenvalue weighted by Crippen LogP contribution is -1.91. The van der Waals surface area contributed by atoms with E-state index in [1.54, 1.807) is 18.2 Å². The van der Waals surface area contributed by atoms with Gasteiger partial charge in [-0.25, -0.2) is 0 Å². The van der Waals surface area contributed by atoms with Crippen LogP contribution in [0.1, 0.15) is 23.6 Å². The molecule has 0 amide bonds. The van der Waals surface area contributed by atoms with Crippen LogP contribution in [0.4, 0.5) is 0 Å². The monoisotopic (exact) mass is 244 g/mol. The van der Waals surface area contributed by atoms with Crippen LogP contribution < -0.4 is 0 Å². The van der Waals surface area contributed by atoms with Crippen LogP contribution in [0.5, 0.6) is 17.2 Å². The van der Waals surface area contributed by atoms with Crippen molar-refractivity contribution in [3.05, 3.63) is 53.1 Å². The number of benzene rings is 2. The number of hydrogen-bond donors (Lipinski definition) is 3. The largest absolute Gasteiger partial charge is 0.508 e. The molecule has 0 fully saturated rings. The fraction of sp³-hybridized carbons (Fsp3) is 0.200. The highest BCUT2D eigenvalue weighted by Crippen LogP contribution is 2.27. The fourth-order valence-electron chi connectivity index (χ4n) is 1.95. The van der Waals surface area contributed by atoms with Crippen LogP contribution in [0.15, 0.2) is 36.4 Å². The van der Waals surface area contributed by atoms with E-state index in [1.165, 1.54) is 6.07 Å². The Kier molecular flexibility index (Phi) is 3.42. The van der Waals surface area contributed by atoms with Crippen molar-refractivity contribution < 1.29 is 15.3 Å². The quantitative estimate of drug-likeness (QED) is 0.727. The minimum atomic E-state index is -0.112. The van der Waals surface area contributed by atoms with Crippen LogP contribution in [0, 0.1) is 0 Å². The summed E-state index contributed by atoms with van der Waals surface area (Å²) in [4.78, 5) is 0. The van der Waals surface area contributed by atoms with Crippen LogP contribution in [0.3, 0.4) is 0 Å². The van der Waals surface area contributed by atoms with Gasteiger partial charge in [0.25, 0.3) is 0 Å². The first-order valence-electron chi connectivity index (χ1n) is 5.91. The van der Waals surface area contributed by atoms with Gasteiger partial charge in [0.1, 0.15) is 5.75 Å². The highest BCUT2D eigenvalue weighted by Gasteiger charge is 2.04. The predicted octanol–water partition coefficient (Wildman–Crippen LogP) is 2.96. The third-order valence-electron chi connectivity index (χ3n) is 2.97. The lowest BCUT2D eigenvalue weighted by Gasteiger charge is -2.07. The lowest BCUT2D eigenvalue weighted by molar-refractivity contribution is 0.403. The highest BCUT2D eigenvalue weighted by molar-refractivity contribution is 5.43. The van der Waals surface area contributed by atoms with Crippen LogP contribution in [-0.2, 0) is 12.8 Å². The van der Waals surface area contributed by atoms with Gasteiger partial charge in [0.2, 0.25) is 0 Å². The second kappa shape index (κ2) is 5.00. The molecular weight excluding hydrogens is 228 g/mol. The van der Waals surface area contributed by atoms with E-state index in [2.05, 4.69) is 0 Å². The third kappa shape index (κ3) is 2.56. The summed E-state index contributed by atoms with van der Waals surface area (Å²) in [6, 6.07) is 10.3. The van der Waals surface area contributed by atoms with Gasteiger partial charge in [0.15, 0.2) is 11.5 Å². The molecule has 94 valence electrons. The van der Waals surface area contributed by atoms with Gasteiger partial charge in [-0.3, -0.25) is 0 Å². The highest BCUT2D eigenvalue weighted by atomic mass is 16.3. The topological polar surface area (TPSA) is 60.7 Å². The summed E-state index contributed by atoms with van der Waals surface area (Å²) < 4.78 is 0. The van der Waals surface area contributed by atoms with E-state index in [0.29, 0.717) is 12.2 Å². The van der Waals surface area contributed by atoms with Gasteiger partial charge in [0, 0.05) is 0 Å². The maximum absolute atomic E-state index is 9.61. The summed E-state index contributed by atoms with van der Waals surface area (Å²) in [5.74, 6) is 0.0931. The first kappa shape index (κ1) is 12.3. The zero-order valence-electron chi connectivity index (χ0n) is 10.2. The maximum Gasteiger partial charge on any atom is 0.157 e. The zero-order valence-corrected chi connectivity index (χ0v) is 10.2. The third-order valence-corrected chi connectivity index (χ3v) is 2.97. The van der Waals surface area contributed by atoms with Crippen molar-refractivity contribution in [3.63, 3.8) is 0 Å². The van der Waals surface area contributed by atoms with Crippen molar-refractivity contribution in [1.29, 1.82) is 0 Å². The molecule has 0 aliphatic carbocycles. The molecule has 2 rings (SSSR count). The van der Waals surface area contributed by atoms with Crippen molar-refractivity contribution in [2.24, 2.45) is 0 Å². The molecule has 0 saturated heterocycles. The molecule has 0 atom stereocenters. The van der Waals surface area contributed by atoms with Crippen molar-refractivity contribution in [2.45, 2.75) is 19.8 Å². The Labute approximate surface area is 106 Å². The van der Waals surface area contributed by atoms with E-state index in [-0.39, 0.29) is 11.5 Å². The molecule has 0 heterocycles. The zero-order chi connectivity index (χ0) is 13.1. The average molecular weight is 244 g/mol. The molecule has 3 nitrogen and oxygen atoms in total. The van der Waals surface area contributed by atoms with E-state index in [4.69, 9.17) is 0 Å². The van der Waals surface area contributed by atoms with E-state index < -0.39 is 0 Å². The molecule has 18 heavy (non-hydrogen) atoms. The second-order valence-corrected chi connectivity index (χ2v) is 4.32. The Bertz CT molecular complexity index is 562. The van der Waals surface area contributed by atoms with Gasteiger partial charge in [-0.2, -0.15) is 0 Å². The normalized spacial score (nSPS) is 10.5. The SMILES string of the molecule is CCc1cc(Cc2ccc(O)c(O)c2)ccc1O. The smallest absolute Gasteiger partial charge is 0.157 e. The van der Waals surface area contributed by atoms with Crippen LogP contribution in [0.2, 0.25) is 0 Å². The maximum atomic E-state index is 9.61. The molecular formula is C15H16O3. The number of hydrogen-bond acceptors (Lipinski definition) is 3. The summed E-state index contributed by atoms with van der Waals surface area (Å²) in [5.41, 5.74) is 2.89. The molecule has 0 unspecified atom stereocenters. The minimum absolute atomic E-state index is 0.109. The van der Waals surface area contributed by atoms with Crippen molar-refractivity contribution in [2.75, 3.05) is 0 Å². The first-order valence-corrected chi connectivity index (χ1v) is 5.91. The van der Waals surface area contributed by atoms with Crippen LogP contribution in [-0.4, -0.2) is 15.3 Å². The van der Waals surface area contributed by atoms with Gasteiger partial charge >= 0.3 is 0 Å². The van der Waals surface area contributed by atoms with Gasteiger partial charge < -0.3 is 15.3 Å². The molecule has 2 aromatic rings. The summed E-state index contributed by atoms with van der Waals surface area (Å²) in [7, 11) is 0. The molecule has 0 radical (unpaired) electrons. The van der Waals surface area contributed by atoms with Gasteiger partial charge in [-0.15, -0.1) is 0 Å².